The van der Waals surface area contributed by atoms with E-state index in [1.807, 2.05) is 0 Å². The summed E-state index contributed by atoms with van der Waals surface area (Å²) < 4.78 is 5.31. The van der Waals surface area contributed by atoms with E-state index in [-0.39, 0.29) is 25.9 Å². The lowest BCUT2D eigenvalue weighted by Crippen LogP contribution is -2.32. The number of azide groups is 1. The van der Waals surface area contributed by atoms with Gasteiger partial charge in [-0.05, 0) is 17.7 Å². The average molecular weight is 304 g/mol. The van der Waals surface area contributed by atoms with Gasteiger partial charge in [0.2, 0.25) is 0 Å². The number of hydrogen-bond acceptors (Lipinski definition) is 6. The Kier molecular flexibility index (Phi) is 4.94. The van der Waals surface area contributed by atoms with Crippen LogP contribution in [0.3, 0.4) is 0 Å². The van der Waals surface area contributed by atoms with Gasteiger partial charge in [-0.2, -0.15) is 0 Å². The first kappa shape index (κ1) is 15.3. The first-order chi connectivity index (χ1) is 10.6. The van der Waals surface area contributed by atoms with Crippen molar-refractivity contribution in [2.24, 2.45) is 5.11 Å². The van der Waals surface area contributed by atoms with Crippen LogP contribution in [0.1, 0.15) is 19.3 Å². The molecule has 1 aliphatic heterocycles. The summed E-state index contributed by atoms with van der Waals surface area (Å²) in [7, 11) is 0. The highest BCUT2D eigenvalue weighted by atomic mass is 16.7. The Hall–Kier alpha value is -3.06. The summed E-state index contributed by atoms with van der Waals surface area (Å²) in [5, 5.41) is 3.91. The molecule has 0 saturated carbocycles. The van der Waals surface area contributed by atoms with Crippen molar-refractivity contribution < 1.29 is 24.0 Å². The zero-order valence-electron chi connectivity index (χ0n) is 11.5. The second-order valence-corrected chi connectivity index (χ2v) is 4.33. The first-order valence-electron chi connectivity index (χ1n) is 6.44. The van der Waals surface area contributed by atoms with Crippen molar-refractivity contribution in [1.29, 1.82) is 0 Å². The predicted octanol–water partition coefficient (Wildman–Crippen LogP) is 2.00. The van der Waals surface area contributed by atoms with Crippen molar-refractivity contribution in [3.63, 3.8) is 0 Å². The van der Waals surface area contributed by atoms with Crippen LogP contribution in [0.2, 0.25) is 0 Å². The lowest BCUT2D eigenvalue weighted by molar-refractivity contribution is -0.197. The zero-order valence-corrected chi connectivity index (χ0v) is 11.5. The van der Waals surface area contributed by atoms with Gasteiger partial charge in [0, 0.05) is 23.4 Å². The van der Waals surface area contributed by atoms with Gasteiger partial charge in [-0.25, -0.2) is 4.79 Å². The molecule has 0 atom stereocenters. The van der Waals surface area contributed by atoms with Gasteiger partial charge in [0.25, 0.3) is 11.8 Å². The van der Waals surface area contributed by atoms with Gasteiger partial charge < -0.3 is 9.57 Å². The summed E-state index contributed by atoms with van der Waals surface area (Å²) in [6.07, 6.45) is -0.0353. The van der Waals surface area contributed by atoms with Gasteiger partial charge in [-0.1, -0.05) is 17.2 Å². The lowest BCUT2D eigenvalue weighted by Gasteiger charge is -2.12. The Balaban J connectivity index is 1.79. The van der Waals surface area contributed by atoms with Gasteiger partial charge in [0.15, 0.2) is 0 Å². The van der Waals surface area contributed by atoms with E-state index in [2.05, 4.69) is 14.9 Å². The molecule has 0 N–H and O–H groups in total. The standard InChI is InChI=1S/C13H12N4O5/c14-16-15-9-2-1-3-10(8-9)21-7-6-13(20)22-17-11(18)4-5-12(17)19/h1-3,8H,4-7H2. The second-order valence-electron chi connectivity index (χ2n) is 4.33. The molecule has 2 rings (SSSR count). The zero-order chi connectivity index (χ0) is 15.9. The summed E-state index contributed by atoms with van der Waals surface area (Å²) >= 11 is 0. The summed E-state index contributed by atoms with van der Waals surface area (Å²) in [5.41, 5.74) is 8.72. The molecule has 0 unspecified atom stereocenters. The third-order valence-electron chi connectivity index (χ3n) is 2.75. The second kappa shape index (κ2) is 7.09. The maximum atomic E-state index is 11.5. The van der Waals surface area contributed by atoms with Gasteiger partial charge >= 0.3 is 5.97 Å². The molecule has 0 radical (unpaired) electrons. The van der Waals surface area contributed by atoms with Crippen molar-refractivity contribution >= 4 is 23.5 Å². The third kappa shape index (κ3) is 3.97. The van der Waals surface area contributed by atoms with Crippen molar-refractivity contribution in [2.45, 2.75) is 19.3 Å². The largest absolute Gasteiger partial charge is 0.493 e. The highest BCUT2D eigenvalue weighted by Gasteiger charge is 2.32. The summed E-state index contributed by atoms with van der Waals surface area (Å²) in [6.45, 7) is -0.00518. The minimum atomic E-state index is -0.741. The van der Waals surface area contributed by atoms with Crippen LogP contribution < -0.4 is 4.74 Å². The number of ether oxygens (including phenoxy) is 1. The molecule has 0 aliphatic carbocycles. The van der Waals surface area contributed by atoms with Gasteiger partial charge in [0.05, 0.1) is 13.0 Å². The van der Waals surface area contributed by atoms with Crippen LogP contribution in [-0.4, -0.2) is 29.5 Å². The molecular formula is C13H12N4O5. The van der Waals surface area contributed by atoms with Gasteiger partial charge in [0.1, 0.15) is 5.75 Å². The van der Waals surface area contributed by atoms with Crippen LogP contribution in [0, 0.1) is 0 Å². The highest BCUT2D eigenvalue weighted by Crippen LogP contribution is 2.20. The molecule has 0 bridgehead atoms. The number of benzene rings is 1. The van der Waals surface area contributed by atoms with Crippen LogP contribution in [0.15, 0.2) is 29.4 Å². The van der Waals surface area contributed by atoms with Crippen LogP contribution in [0.25, 0.3) is 10.4 Å². The minimum absolute atomic E-state index is 0.00518. The van der Waals surface area contributed by atoms with E-state index < -0.39 is 17.8 Å². The number of hydrogen-bond donors (Lipinski definition) is 0. The van der Waals surface area contributed by atoms with E-state index in [1.54, 1.807) is 18.2 Å². The topological polar surface area (TPSA) is 122 Å². The van der Waals surface area contributed by atoms with Crippen LogP contribution in [0.5, 0.6) is 5.75 Å². The number of hydroxylamine groups is 2. The van der Waals surface area contributed by atoms with E-state index in [0.29, 0.717) is 16.5 Å². The Morgan fingerprint density at radius 2 is 2.05 bits per heavy atom. The van der Waals surface area contributed by atoms with Crippen molar-refractivity contribution in [2.75, 3.05) is 6.61 Å². The molecular weight excluding hydrogens is 292 g/mol. The molecule has 2 amide bonds. The normalized spacial score (nSPS) is 13.7. The molecule has 0 aromatic heterocycles. The van der Waals surface area contributed by atoms with Crippen LogP contribution >= 0.6 is 0 Å². The fraction of sp³-hybridized carbons (Fsp3) is 0.308. The molecule has 1 aromatic rings. The maximum absolute atomic E-state index is 11.5. The van der Waals surface area contributed by atoms with Crippen molar-refractivity contribution in [3.05, 3.63) is 34.7 Å². The van der Waals surface area contributed by atoms with E-state index in [1.165, 1.54) is 6.07 Å². The third-order valence-corrected chi connectivity index (χ3v) is 2.75. The number of carbonyl (C=O) groups excluding carboxylic acids is 3. The molecule has 0 spiro atoms. The molecule has 22 heavy (non-hydrogen) atoms. The quantitative estimate of drug-likeness (QED) is 0.344. The molecule has 1 heterocycles. The van der Waals surface area contributed by atoms with E-state index >= 15 is 0 Å². The molecule has 9 nitrogen and oxygen atoms in total. The first-order valence-corrected chi connectivity index (χ1v) is 6.44. The molecule has 1 saturated heterocycles. The van der Waals surface area contributed by atoms with E-state index in [4.69, 9.17) is 10.3 Å². The highest BCUT2D eigenvalue weighted by molar-refractivity contribution is 6.01. The van der Waals surface area contributed by atoms with Crippen LogP contribution in [0.4, 0.5) is 5.69 Å². The van der Waals surface area contributed by atoms with Crippen LogP contribution in [-0.2, 0) is 19.2 Å². The molecule has 114 valence electrons. The summed E-state index contributed by atoms with van der Waals surface area (Å²) in [4.78, 5) is 41.4. The average Bonchev–Trinajstić information content (AvgIpc) is 2.80. The van der Waals surface area contributed by atoms with E-state index in [0.717, 1.165) is 0 Å². The van der Waals surface area contributed by atoms with Crippen molar-refractivity contribution in [1.82, 2.24) is 5.06 Å². The number of amides is 2. The summed E-state index contributed by atoms with van der Waals surface area (Å²) in [5.74, 6) is -1.37. The van der Waals surface area contributed by atoms with Gasteiger partial charge in [-0.3, -0.25) is 9.59 Å². The molecule has 1 aliphatic rings. The maximum Gasteiger partial charge on any atom is 0.336 e. The summed E-state index contributed by atoms with van der Waals surface area (Å²) in [6, 6.07) is 6.39. The number of carbonyl (C=O) groups is 3. The predicted molar refractivity (Wildman–Crippen MR) is 72.5 cm³/mol. The Labute approximate surface area is 125 Å². The minimum Gasteiger partial charge on any atom is -0.493 e. The van der Waals surface area contributed by atoms with Gasteiger partial charge in [-0.15, -0.1) is 5.06 Å². The SMILES string of the molecule is [N-]=[N+]=Nc1cccc(OCCC(=O)ON2C(=O)CCC2=O)c1. The Morgan fingerprint density at radius 3 is 2.73 bits per heavy atom. The number of rotatable bonds is 6. The molecule has 1 fully saturated rings. The Bertz CT molecular complexity index is 638. The Morgan fingerprint density at radius 1 is 1.32 bits per heavy atom. The fourth-order valence-corrected chi connectivity index (χ4v) is 1.74. The van der Waals surface area contributed by atoms with Crippen molar-refractivity contribution in [3.8, 4) is 5.75 Å². The number of nitrogens with zero attached hydrogens (tertiary/aromatic N) is 4. The monoisotopic (exact) mass is 304 g/mol. The number of imide groups is 1. The smallest absolute Gasteiger partial charge is 0.336 e. The lowest BCUT2D eigenvalue weighted by atomic mass is 10.3. The molecule has 1 aromatic carbocycles. The van der Waals surface area contributed by atoms with E-state index in [9.17, 15) is 14.4 Å². The fourth-order valence-electron chi connectivity index (χ4n) is 1.74. The molecule has 9 heteroatoms.